The zero-order valence-corrected chi connectivity index (χ0v) is 49.7. The van der Waals surface area contributed by atoms with E-state index in [0.717, 1.165) is 64.2 Å². The van der Waals surface area contributed by atoms with E-state index in [1.165, 1.54) is 276 Å². The van der Waals surface area contributed by atoms with Gasteiger partial charge in [-0.1, -0.05) is 328 Å². The molecule has 0 aromatic heterocycles. The summed E-state index contributed by atoms with van der Waals surface area (Å²) in [6.45, 7) is 6.71. The first-order chi connectivity index (χ1) is 36.0. The van der Waals surface area contributed by atoms with E-state index in [4.69, 9.17) is 14.2 Å². The van der Waals surface area contributed by atoms with Crippen LogP contribution in [0, 0.1) is 0 Å². The van der Waals surface area contributed by atoms with E-state index >= 15 is 0 Å². The highest BCUT2D eigenvalue weighted by Gasteiger charge is 2.19. The van der Waals surface area contributed by atoms with Gasteiger partial charge in [0, 0.05) is 19.3 Å². The van der Waals surface area contributed by atoms with E-state index in [-0.39, 0.29) is 31.1 Å². The quantitative estimate of drug-likeness (QED) is 0.0261. The monoisotopic (exact) mass is 1030 g/mol. The molecule has 0 spiro atoms. The first kappa shape index (κ1) is 71.2. The normalized spacial score (nSPS) is 12.0. The van der Waals surface area contributed by atoms with Crippen LogP contribution < -0.4 is 0 Å². The van der Waals surface area contributed by atoms with Gasteiger partial charge in [-0.05, 0) is 44.9 Å². The summed E-state index contributed by atoms with van der Waals surface area (Å²) in [6, 6.07) is 0. The largest absolute Gasteiger partial charge is 0.462 e. The summed E-state index contributed by atoms with van der Waals surface area (Å²) in [5.74, 6) is -0.844. The highest BCUT2D eigenvalue weighted by Crippen LogP contribution is 2.18. The van der Waals surface area contributed by atoms with Gasteiger partial charge in [-0.15, -0.1) is 0 Å². The topological polar surface area (TPSA) is 78.9 Å². The summed E-state index contributed by atoms with van der Waals surface area (Å²) in [7, 11) is 0. The zero-order chi connectivity index (χ0) is 52.9. The van der Waals surface area contributed by atoms with Crippen molar-refractivity contribution in [2.75, 3.05) is 13.2 Å². The minimum Gasteiger partial charge on any atom is -0.462 e. The van der Waals surface area contributed by atoms with Crippen molar-refractivity contribution < 1.29 is 28.6 Å². The van der Waals surface area contributed by atoms with E-state index in [1.807, 2.05) is 0 Å². The van der Waals surface area contributed by atoms with Crippen molar-refractivity contribution in [1.29, 1.82) is 0 Å². The molecule has 1 unspecified atom stereocenters. The Morgan fingerprint density at radius 1 is 0.260 bits per heavy atom. The summed E-state index contributed by atoms with van der Waals surface area (Å²) < 4.78 is 16.9. The van der Waals surface area contributed by atoms with Crippen LogP contribution in [-0.2, 0) is 28.6 Å². The molecule has 0 saturated heterocycles. The van der Waals surface area contributed by atoms with E-state index in [2.05, 4.69) is 32.9 Å². The van der Waals surface area contributed by atoms with Gasteiger partial charge in [0.25, 0.3) is 0 Å². The maximum atomic E-state index is 12.9. The minimum atomic E-state index is -0.770. The molecule has 0 N–H and O–H groups in total. The fraction of sp³-hybridized carbons (Fsp3) is 0.925. The lowest BCUT2D eigenvalue weighted by Crippen LogP contribution is -2.30. The molecule has 0 bridgehead atoms. The standard InChI is InChI=1S/C67H128O6/c1-4-7-10-13-16-19-22-25-28-30-31-32-33-34-35-36-37-38-40-42-45-48-51-54-57-60-66(69)72-63-64(62-71-65(68)59-56-53-50-47-44-41-27-24-21-18-15-12-9-6-3)73-67(70)61-58-55-52-49-46-43-39-29-26-23-20-17-14-11-8-5-2/h29,39,64H,4-28,30-38,40-63H2,1-3H3/b39-29-. The lowest BCUT2D eigenvalue weighted by atomic mass is 10.0. The van der Waals surface area contributed by atoms with Crippen LogP contribution in [0.15, 0.2) is 12.2 Å². The molecular weight excluding hydrogens is 901 g/mol. The molecule has 432 valence electrons. The van der Waals surface area contributed by atoms with Gasteiger partial charge >= 0.3 is 17.9 Å². The molecule has 0 rings (SSSR count). The minimum absolute atomic E-state index is 0.0668. The number of rotatable bonds is 62. The molecule has 0 saturated carbocycles. The van der Waals surface area contributed by atoms with Crippen LogP contribution in [0.25, 0.3) is 0 Å². The number of esters is 3. The molecule has 0 aliphatic rings. The Kier molecular flexibility index (Phi) is 61.1. The van der Waals surface area contributed by atoms with Crippen molar-refractivity contribution in [1.82, 2.24) is 0 Å². The molecule has 0 amide bonds. The van der Waals surface area contributed by atoms with Crippen molar-refractivity contribution in [2.24, 2.45) is 0 Å². The number of hydrogen-bond acceptors (Lipinski definition) is 6. The molecule has 1 atom stereocenters. The third-order valence-electron chi connectivity index (χ3n) is 15.3. The predicted octanol–water partition coefficient (Wildman–Crippen LogP) is 22.4. The molecule has 0 heterocycles. The molecule has 0 aliphatic carbocycles. The third kappa shape index (κ3) is 60.9. The van der Waals surface area contributed by atoms with Crippen LogP contribution in [-0.4, -0.2) is 37.2 Å². The van der Waals surface area contributed by atoms with Gasteiger partial charge in [0.15, 0.2) is 6.10 Å². The molecule has 73 heavy (non-hydrogen) atoms. The predicted molar refractivity (Wildman–Crippen MR) is 317 cm³/mol. The fourth-order valence-corrected chi connectivity index (χ4v) is 10.3. The van der Waals surface area contributed by atoms with Gasteiger partial charge in [0.1, 0.15) is 13.2 Å². The number of hydrogen-bond donors (Lipinski definition) is 0. The number of carbonyl (C=O) groups is 3. The fourth-order valence-electron chi connectivity index (χ4n) is 10.3. The van der Waals surface area contributed by atoms with Gasteiger partial charge in [-0.3, -0.25) is 14.4 Å². The molecular formula is C67H128O6. The zero-order valence-electron chi connectivity index (χ0n) is 49.7. The second kappa shape index (κ2) is 62.7. The average molecular weight is 1030 g/mol. The maximum Gasteiger partial charge on any atom is 0.306 e. The molecule has 0 fully saturated rings. The number of carbonyl (C=O) groups excluding carboxylic acids is 3. The van der Waals surface area contributed by atoms with Crippen LogP contribution in [0.2, 0.25) is 0 Å². The van der Waals surface area contributed by atoms with Crippen LogP contribution in [0.4, 0.5) is 0 Å². The van der Waals surface area contributed by atoms with Crippen LogP contribution in [0.3, 0.4) is 0 Å². The van der Waals surface area contributed by atoms with Gasteiger partial charge in [0.05, 0.1) is 0 Å². The first-order valence-electron chi connectivity index (χ1n) is 33.2. The summed E-state index contributed by atoms with van der Waals surface area (Å²) in [5.41, 5.74) is 0. The van der Waals surface area contributed by atoms with Crippen molar-refractivity contribution >= 4 is 17.9 Å². The SMILES string of the molecule is CCCCCCCCC/C=C\CCCCCCCC(=O)OC(COC(=O)CCCCCCCCCCCCCCCC)COC(=O)CCCCCCCCCCCCCCCCCCCCCCCCCCC. The molecule has 6 nitrogen and oxygen atoms in total. The highest BCUT2D eigenvalue weighted by atomic mass is 16.6. The summed E-state index contributed by atoms with van der Waals surface area (Å²) in [4.78, 5) is 38.3. The van der Waals surface area contributed by atoms with Gasteiger partial charge in [-0.25, -0.2) is 0 Å². The summed E-state index contributed by atoms with van der Waals surface area (Å²) in [5, 5.41) is 0. The molecule has 0 aromatic carbocycles. The van der Waals surface area contributed by atoms with Gasteiger partial charge < -0.3 is 14.2 Å². The van der Waals surface area contributed by atoms with E-state index in [9.17, 15) is 14.4 Å². The van der Waals surface area contributed by atoms with Gasteiger partial charge in [-0.2, -0.15) is 0 Å². The maximum absolute atomic E-state index is 12.9. The second-order valence-electron chi connectivity index (χ2n) is 22.7. The average Bonchev–Trinajstić information content (AvgIpc) is 3.39. The Labute approximate surface area is 456 Å². The third-order valence-corrected chi connectivity index (χ3v) is 15.3. The second-order valence-corrected chi connectivity index (χ2v) is 22.7. The number of allylic oxidation sites excluding steroid dienone is 2. The Morgan fingerprint density at radius 3 is 0.685 bits per heavy atom. The van der Waals surface area contributed by atoms with Crippen LogP contribution in [0.1, 0.15) is 380 Å². The van der Waals surface area contributed by atoms with Crippen molar-refractivity contribution in [3.8, 4) is 0 Å². The van der Waals surface area contributed by atoms with Crippen LogP contribution in [0.5, 0.6) is 0 Å². The summed E-state index contributed by atoms with van der Waals surface area (Å²) >= 11 is 0. The van der Waals surface area contributed by atoms with E-state index in [1.54, 1.807) is 0 Å². The van der Waals surface area contributed by atoms with Crippen LogP contribution >= 0.6 is 0 Å². The Bertz CT molecular complexity index is 1130. The van der Waals surface area contributed by atoms with Crippen molar-refractivity contribution in [2.45, 2.75) is 386 Å². The highest BCUT2D eigenvalue weighted by molar-refractivity contribution is 5.71. The Balaban J connectivity index is 4.21. The van der Waals surface area contributed by atoms with E-state index in [0.29, 0.717) is 19.3 Å². The van der Waals surface area contributed by atoms with Gasteiger partial charge in [0.2, 0.25) is 0 Å². The lowest BCUT2D eigenvalue weighted by molar-refractivity contribution is -0.167. The van der Waals surface area contributed by atoms with Crippen molar-refractivity contribution in [3.63, 3.8) is 0 Å². The number of ether oxygens (including phenoxy) is 3. The smallest absolute Gasteiger partial charge is 0.306 e. The lowest BCUT2D eigenvalue weighted by Gasteiger charge is -2.18. The summed E-state index contributed by atoms with van der Waals surface area (Å²) in [6.07, 6.45) is 73.7. The Hall–Kier alpha value is -1.85. The molecule has 6 heteroatoms. The van der Waals surface area contributed by atoms with Crippen molar-refractivity contribution in [3.05, 3.63) is 12.2 Å². The Morgan fingerprint density at radius 2 is 0.452 bits per heavy atom. The molecule has 0 aliphatic heterocycles. The first-order valence-corrected chi connectivity index (χ1v) is 33.2. The molecule has 0 radical (unpaired) electrons. The van der Waals surface area contributed by atoms with E-state index < -0.39 is 6.10 Å². The number of unbranched alkanes of at least 4 members (excludes halogenated alkanes) is 49. The molecule has 0 aromatic rings.